The first kappa shape index (κ1) is 11.9. The van der Waals surface area contributed by atoms with Crippen LogP contribution in [0.25, 0.3) is 0 Å². The first-order valence-electron chi connectivity index (χ1n) is 6.63. The monoisotopic (exact) mass is 224 g/mol. The van der Waals surface area contributed by atoms with Gasteiger partial charge in [0.2, 0.25) is 5.91 Å². The van der Waals surface area contributed by atoms with Gasteiger partial charge in [-0.15, -0.1) is 0 Å². The Bertz CT molecular complexity index is 248. The predicted octanol–water partition coefficient (Wildman–Crippen LogP) is 1.73. The number of hydrogen-bond donors (Lipinski definition) is 0. The molecule has 1 atom stereocenters. The quantitative estimate of drug-likeness (QED) is 0.713. The summed E-state index contributed by atoms with van der Waals surface area (Å²) in [6.45, 7) is 2.03. The van der Waals surface area contributed by atoms with Crippen molar-refractivity contribution in [3.63, 3.8) is 0 Å². The second-order valence-corrected chi connectivity index (χ2v) is 5.49. The normalized spacial score (nSPS) is 28.2. The van der Waals surface area contributed by atoms with E-state index >= 15 is 0 Å². The highest BCUT2D eigenvalue weighted by molar-refractivity contribution is 5.79. The molecule has 1 saturated carbocycles. The Morgan fingerprint density at radius 1 is 1.19 bits per heavy atom. The van der Waals surface area contributed by atoms with Crippen molar-refractivity contribution in [3.8, 4) is 0 Å². The fourth-order valence-electron chi connectivity index (χ4n) is 3.07. The van der Waals surface area contributed by atoms with Crippen LogP contribution in [0.3, 0.4) is 0 Å². The molecule has 1 heterocycles. The second-order valence-electron chi connectivity index (χ2n) is 5.49. The Morgan fingerprint density at radius 3 is 2.44 bits per heavy atom. The highest BCUT2D eigenvalue weighted by atomic mass is 16.2. The van der Waals surface area contributed by atoms with Crippen molar-refractivity contribution in [1.29, 1.82) is 0 Å². The Kier molecular flexibility index (Phi) is 3.85. The van der Waals surface area contributed by atoms with Gasteiger partial charge in [-0.1, -0.05) is 19.3 Å². The highest BCUT2D eigenvalue weighted by Crippen LogP contribution is 2.24. The van der Waals surface area contributed by atoms with Crippen molar-refractivity contribution in [3.05, 3.63) is 0 Å². The van der Waals surface area contributed by atoms with Gasteiger partial charge in [0.05, 0.1) is 5.92 Å². The van der Waals surface area contributed by atoms with Crippen LogP contribution in [-0.2, 0) is 4.79 Å². The molecule has 2 aliphatic rings. The first-order chi connectivity index (χ1) is 7.68. The van der Waals surface area contributed by atoms with Gasteiger partial charge in [0.25, 0.3) is 0 Å². The van der Waals surface area contributed by atoms with E-state index in [-0.39, 0.29) is 5.92 Å². The lowest BCUT2D eigenvalue weighted by Gasteiger charge is -2.32. The topological polar surface area (TPSA) is 23.6 Å². The van der Waals surface area contributed by atoms with Crippen LogP contribution in [-0.4, -0.2) is 48.9 Å². The molecule has 0 spiro atoms. The lowest BCUT2D eigenvalue weighted by Crippen LogP contribution is -2.42. The summed E-state index contributed by atoms with van der Waals surface area (Å²) in [5.41, 5.74) is 0. The fourth-order valence-corrected chi connectivity index (χ4v) is 3.07. The number of likely N-dealkylation sites (tertiary alicyclic amines) is 1. The van der Waals surface area contributed by atoms with Gasteiger partial charge < -0.3 is 9.80 Å². The molecule has 1 saturated heterocycles. The molecule has 3 heteroatoms. The fraction of sp³-hybridized carbons (Fsp3) is 0.923. The van der Waals surface area contributed by atoms with E-state index in [0.717, 1.165) is 19.5 Å². The molecular weight excluding hydrogens is 200 g/mol. The van der Waals surface area contributed by atoms with Crippen LogP contribution in [0.2, 0.25) is 0 Å². The van der Waals surface area contributed by atoms with Crippen molar-refractivity contribution in [2.24, 2.45) is 5.92 Å². The minimum Gasteiger partial charge on any atom is -0.342 e. The molecule has 92 valence electrons. The number of nitrogens with zero attached hydrogens (tertiary/aromatic N) is 2. The van der Waals surface area contributed by atoms with Crippen molar-refractivity contribution in [1.82, 2.24) is 9.80 Å². The maximum Gasteiger partial charge on any atom is 0.227 e. The third kappa shape index (κ3) is 2.57. The second kappa shape index (κ2) is 5.17. The lowest BCUT2D eigenvalue weighted by molar-refractivity contribution is -0.136. The van der Waals surface area contributed by atoms with Gasteiger partial charge in [-0.25, -0.2) is 0 Å². The van der Waals surface area contributed by atoms with Crippen LogP contribution in [0.15, 0.2) is 0 Å². The van der Waals surface area contributed by atoms with Gasteiger partial charge in [0.15, 0.2) is 0 Å². The van der Waals surface area contributed by atoms with Gasteiger partial charge in [-0.2, -0.15) is 0 Å². The zero-order chi connectivity index (χ0) is 11.5. The van der Waals surface area contributed by atoms with E-state index in [0.29, 0.717) is 11.9 Å². The van der Waals surface area contributed by atoms with Crippen molar-refractivity contribution >= 4 is 5.91 Å². The van der Waals surface area contributed by atoms with Crippen molar-refractivity contribution in [2.75, 3.05) is 27.2 Å². The molecule has 16 heavy (non-hydrogen) atoms. The predicted molar refractivity (Wildman–Crippen MR) is 65.2 cm³/mol. The van der Waals surface area contributed by atoms with E-state index in [1.54, 1.807) is 0 Å². The molecule has 3 nitrogen and oxygen atoms in total. The Balaban J connectivity index is 1.88. The number of hydrogen-bond acceptors (Lipinski definition) is 2. The van der Waals surface area contributed by atoms with Crippen LogP contribution in [0.1, 0.15) is 38.5 Å². The molecule has 0 N–H and O–H groups in total. The van der Waals surface area contributed by atoms with Gasteiger partial charge in [0.1, 0.15) is 0 Å². The number of carbonyl (C=O) groups excluding carboxylic acids is 1. The number of rotatable bonds is 2. The molecule has 2 rings (SSSR count). The van der Waals surface area contributed by atoms with E-state index in [1.807, 2.05) is 11.9 Å². The molecule has 0 aromatic heterocycles. The Hall–Kier alpha value is -0.570. The minimum absolute atomic E-state index is 0.261. The highest BCUT2D eigenvalue weighted by Gasteiger charge is 2.31. The number of amides is 1. The standard InChI is InChI=1S/C13H24N2O/c1-14-9-8-11(10-14)13(16)15(2)12-6-4-3-5-7-12/h11-12H,3-10H2,1-2H3/t11-/m0/s1. The Labute approximate surface area is 98.8 Å². The summed E-state index contributed by atoms with van der Waals surface area (Å²) >= 11 is 0. The molecule has 0 aromatic rings. The van der Waals surface area contributed by atoms with Crippen LogP contribution < -0.4 is 0 Å². The van der Waals surface area contributed by atoms with Gasteiger partial charge >= 0.3 is 0 Å². The van der Waals surface area contributed by atoms with Gasteiger partial charge in [-0.3, -0.25) is 4.79 Å². The number of carbonyl (C=O) groups is 1. The van der Waals surface area contributed by atoms with E-state index < -0.39 is 0 Å². The summed E-state index contributed by atoms with van der Waals surface area (Å²) in [5, 5.41) is 0. The molecule has 0 aromatic carbocycles. The van der Waals surface area contributed by atoms with Crippen LogP contribution in [0, 0.1) is 5.92 Å². The van der Waals surface area contributed by atoms with E-state index in [9.17, 15) is 4.79 Å². The summed E-state index contributed by atoms with van der Waals surface area (Å²) in [6.07, 6.45) is 7.42. The van der Waals surface area contributed by atoms with E-state index in [4.69, 9.17) is 0 Å². The van der Waals surface area contributed by atoms with E-state index in [2.05, 4.69) is 11.9 Å². The average molecular weight is 224 g/mol. The largest absolute Gasteiger partial charge is 0.342 e. The van der Waals surface area contributed by atoms with E-state index in [1.165, 1.54) is 32.1 Å². The summed E-state index contributed by atoms with van der Waals surface area (Å²) in [4.78, 5) is 16.6. The smallest absolute Gasteiger partial charge is 0.227 e. The van der Waals surface area contributed by atoms with Crippen LogP contribution in [0.4, 0.5) is 0 Å². The first-order valence-corrected chi connectivity index (χ1v) is 6.63. The van der Waals surface area contributed by atoms with Crippen molar-refractivity contribution < 1.29 is 4.79 Å². The zero-order valence-corrected chi connectivity index (χ0v) is 10.6. The molecule has 0 unspecified atom stereocenters. The average Bonchev–Trinajstić information content (AvgIpc) is 2.75. The summed E-state index contributed by atoms with van der Waals surface area (Å²) in [5.74, 6) is 0.646. The van der Waals surface area contributed by atoms with Crippen LogP contribution >= 0.6 is 0 Å². The third-order valence-corrected chi connectivity index (χ3v) is 4.21. The van der Waals surface area contributed by atoms with Crippen LogP contribution in [0.5, 0.6) is 0 Å². The molecule has 1 aliphatic carbocycles. The van der Waals surface area contributed by atoms with Gasteiger partial charge in [-0.05, 0) is 32.9 Å². The molecule has 2 fully saturated rings. The summed E-state index contributed by atoms with van der Waals surface area (Å²) < 4.78 is 0. The molecule has 1 aliphatic heterocycles. The SMILES string of the molecule is CN1CC[C@H](C(=O)N(C)C2CCCCC2)C1. The zero-order valence-electron chi connectivity index (χ0n) is 10.6. The third-order valence-electron chi connectivity index (χ3n) is 4.21. The minimum atomic E-state index is 0.261. The maximum absolute atomic E-state index is 12.3. The van der Waals surface area contributed by atoms with Crippen molar-refractivity contribution in [2.45, 2.75) is 44.6 Å². The maximum atomic E-state index is 12.3. The molecular formula is C13H24N2O. The van der Waals surface area contributed by atoms with Gasteiger partial charge in [0, 0.05) is 19.6 Å². The summed E-state index contributed by atoms with van der Waals surface area (Å²) in [7, 11) is 4.12. The molecule has 1 amide bonds. The molecule has 0 bridgehead atoms. The lowest BCUT2D eigenvalue weighted by atomic mass is 9.93. The summed E-state index contributed by atoms with van der Waals surface area (Å²) in [6, 6.07) is 0.521. The Morgan fingerprint density at radius 2 is 1.88 bits per heavy atom. The molecule has 0 radical (unpaired) electrons.